The molecule has 1 atom stereocenters. The van der Waals surface area contributed by atoms with Gasteiger partial charge in [0.2, 0.25) is 10.0 Å². The average Bonchev–Trinajstić information content (AvgIpc) is 3.17. The van der Waals surface area contributed by atoms with Crippen LogP contribution in [0.5, 0.6) is 5.75 Å². The van der Waals surface area contributed by atoms with Crippen LogP contribution < -0.4 is 10.1 Å². The van der Waals surface area contributed by atoms with Gasteiger partial charge in [0.05, 0.1) is 13.7 Å². The maximum absolute atomic E-state index is 14.1. The minimum Gasteiger partial charge on any atom is -0.497 e. The lowest BCUT2D eigenvalue weighted by Gasteiger charge is -2.37. The fourth-order valence-corrected chi connectivity index (χ4v) is 5.41. The first-order valence-corrected chi connectivity index (χ1v) is 11.2. The van der Waals surface area contributed by atoms with E-state index in [0.717, 1.165) is 6.07 Å². The molecule has 1 amide bonds. The predicted octanol–water partition coefficient (Wildman–Crippen LogP) is 2.77. The van der Waals surface area contributed by atoms with Crippen LogP contribution in [-0.4, -0.2) is 50.1 Å². The van der Waals surface area contributed by atoms with Gasteiger partial charge < -0.3 is 14.9 Å². The summed E-state index contributed by atoms with van der Waals surface area (Å²) in [5.74, 6) is -0.557. The lowest BCUT2D eigenvalue weighted by Crippen LogP contribution is -2.50. The van der Waals surface area contributed by atoms with Crippen LogP contribution in [0.15, 0.2) is 58.6 Å². The highest BCUT2D eigenvalue weighted by Crippen LogP contribution is 2.36. The Balaban J connectivity index is 1.45. The van der Waals surface area contributed by atoms with E-state index in [0.29, 0.717) is 24.3 Å². The number of piperidine rings is 1. The van der Waals surface area contributed by atoms with Crippen molar-refractivity contribution >= 4 is 27.3 Å². The number of anilines is 1. The molecule has 2 heterocycles. The smallest absolute Gasteiger partial charge is 0.273 e. The first-order chi connectivity index (χ1) is 14.8. The molecular weight excluding hydrogens is 425 g/mol. The lowest BCUT2D eigenvalue weighted by atomic mass is 9.89. The monoisotopic (exact) mass is 447 g/mol. The minimum atomic E-state index is -4.03. The van der Waals surface area contributed by atoms with Crippen molar-refractivity contribution in [3.63, 3.8) is 0 Å². The highest BCUT2D eigenvalue weighted by Gasteiger charge is 2.47. The molecule has 2 aliphatic rings. The summed E-state index contributed by atoms with van der Waals surface area (Å²) >= 11 is 0. The van der Waals surface area contributed by atoms with Crippen LogP contribution in [0.3, 0.4) is 0 Å². The van der Waals surface area contributed by atoms with E-state index >= 15 is 0 Å². The number of carbonyl (C=O) groups is 1. The second-order valence-corrected chi connectivity index (χ2v) is 9.45. The maximum atomic E-state index is 14.1. The van der Waals surface area contributed by atoms with Gasteiger partial charge in [-0.05, 0) is 49.2 Å². The van der Waals surface area contributed by atoms with Crippen LogP contribution >= 0.6 is 0 Å². The number of benzene rings is 2. The zero-order chi connectivity index (χ0) is 22.1. The summed E-state index contributed by atoms with van der Waals surface area (Å²) in [6.45, 7) is 0.238. The van der Waals surface area contributed by atoms with Gasteiger partial charge in [0.15, 0.2) is 5.60 Å². The van der Waals surface area contributed by atoms with Crippen LogP contribution in [-0.2, 0) is 19.7 Å². The van der Waals surface area contributed by atoms with Crippen LogP contribution in [0.2, 0.25) is 0 Å². The molecule has 0 unspecified atom stereocenters. The van der Waals surface area contributed by atoms with Crippen LogP contribution in [0.25, 0.3) is 0 Å². The molecule has 8 nitrogen and oxygen atoms in total. The van der Waals surface area contributed by atoms with Crippen molar-refractivity contribution in [2.24, 2.45) is 5.16 Å². The maximum Gasteiger partial charge on any atom is 0.273 e. The summed E-state index contributed by atoms with van der Waals surface area (Å²) < 4.78 is 46.3. The molecule has 0 radical (unpaired) electrons. The van der Waals surface area contributed by atoms with E-state index in [1.165, 1.54) is 22.5 Å². The largest absolute Gasteiger partial charge is 0.497 e. The Hall–Kier alpha value is -2.98. The number of oxime groups is 1. The number of sulfonamides is 1. The van der Waals surface area contributed by atoms with Gasteiger partial charge in [-0.25, -0.2) is 12.8 Å². The Bertz CT molecular complexity index is 1120. The number of methoxy groups -OCH3 is 1. The van der Waals surface area contributed by atoms with Crippen LogP contribution in [0, 0.1) is 5.82 Å². The van der Waals surface area contributed by atoms with E-state index in [1.54, 1.807) is 31.4 Å². The molecule has 0 saturated carbocycles. The fraction of sp³-hybridized carbons (Fsp3) is 0.333. The van der Waals surface area contributed by atoms with Crippen LogP contribution in [0.1, 0.15) is 19.3 Å². The van der Waals surface area contributed by atoms with E-state index < -0.39 is 27.3 Å². The number of rotatable bonds is 5. The summed E-state index contributed by atoms with van der Waals surface area (Å²) in [6.07, 6.45) is 1.22. The topological polar surface area (TPSA) is 97.3 Å². The molecule has 0 aliphatic carbocycles. The first-order valence-electron chi connectivity index (χ1n) is 9.78. The summed E-state index contributed by atoms with van der Waals surface area (Å²) in [6, 6.07) is 12.1. The van der Waals surface area contributed by atoms with Gasteiger partial charge in [0.25, 0.3) is 5.91 Å². The van der Waals surface area contributed by atoms with Gasteiger partial charge in [-0.2, -0.15) is 4.31 Å². The molecule has 1 fully saturated rings. The summed E-state index contributed by atoms with van der Waals surface area (Å²) in [5, 5.41) is 6.68. The van der Waals surface area contributed by atoms with E-state index in [1.807, 2.05) is 0 Å². The summed E-state index contributed by atoms with van der Waals surface area (Å²) in [7, 11) is -2.48. The Labute approximate surface area is 179 Å². The summed E-state index contributed by atoms with van der Waals surface area (Å²) in [5.41, 5.74) is -0.189. The Kier molecular flexibility index (Phi) is 5.67. The van der Waals surface area contributed by atoms with E-state index in [9.17, 15) is 17.6 Å². The van der Waals surface area contributed by atoms with E-state index in [-0.39, 0.29) is 30.1 Å². The highest BCUT2D eigenvalue weighted by atomic mass is 32.2. The van der Waals surface area contributed by atoms with Gasteiger partial charge in [-0.1, -0.05) is 17.3 Å². The normalized spacial score (nSPS) is 21.4. The van der Waals surface area contributed by atoms with Crippen molar-refractivity contribution in [3.8, 4) is 5.75 Å². The Morgan fingerprint density at radius 2 is 1.97 bits per heavy atom. The minimum absolute atomic E-state index is 0.00746. The zero-order valence-electron chi connectivity index (χ0n) is 16.9. The lowest BCUT2D eigenvalue weighted by molar-refractivity contribution is -0.110. The molecule has 10 heteroatoms. The standard InChI is InChI=1S/C21H22FN3O5S/c1-29-16-9-7-15(8-10-16)23-20(26)18-13-21(30-24-18)11-4-12-25(14-21)31(27,28)19-6-3-2-5-17(19)22/h2-3,5-10H,4,11-14H2,1H3,(H,23,26)/t21-/m0/s1. The molecule has 2 aromatic rings. The van der Waals surface area contributed by atoms with Crippen molar-refractivity contribution in [3.05, 3.63) is 54.3 Å². The van der Waals surface area contributed by atoms with Gasteiger partial charge in [0.1, 0.15) is 22.2 Å². The van der Waals surface area contributed by atoms with Crippen molar-refractivity contribution in [1.82, 2.24) is 4.31 Å². The number of ether oxygens (including phenoxy) is 1. The summed E-state index contributed by atoms with van der Waals surface area (Å²) in [4.78, 5) is 17.8. The zero-order valence-corrected chi connectivity index (χ0v) is 17.7. The van der Waals surface area contributed by atoms with Gasteiger partial charge in [-0.15, -0.1) is 0 Å². The number of nitrogens with zero attached hydrogens (tertiary/aromatic N) is 2. The van der Waals surface area contributed by atoms with E-state index in [2.05, 4.69) is 10.5 Å². The van der Waals surface area contributed by atoms with Crippen molar-refractivity contribution in [2.45, 2.75) is 29.8 Å². The van der Waals surface area contributed by atoms with Gasteiger partial charge in [-0.3, -0.25) is 4.79 Å². The molecule has 2 aliphatic heterocycles. The van der Waals surface area contributed by atoms with Crippen molar-refractivity contribution in [1.29, 1.82) is 0 Å². The molecule has 1 saturated heterocycles. The molecule has 31 heavy (non-hydrogen) atoms. The number of nitrogens with one attached hydrogen (secondary N) is 1. The van der Waals surface area contributed by atoms with Gasteiger partial charge >= 0.3 is 0 Å². The molecule has 164 valence electrons. The average molecular weight is 447 g/mol. The van der Waals surface area contributed by atoms with Crippen molar-refractivity contribution in [2.75, 3.05) is 25.5 Å². The molecule has 0 bridgehead atoms. The third kappa shape index (κ3) is 4.26. The quantitative estimate of drug-likeness (QED) is 0.760. The molecule has 1 spiro atoms. The number of carbonyl (C=O) groups excluding carboxylic acids is 1. The molecule has 4 rings (SSSR count). The molecule has 1 N–H and O–H groups in total. The van der Waals surface area contributed by atoms with Gasteiger partial charge in [0, 0.05) is 18.7 Å². The third-order valence-electron chi connectivity index (χ3n) is 5.41. The Morgan fingerprint density at radius 1 is 1.23 bits per heavy atom. The second-order valence-electron chi connectivity index (χ2n) is 7.54. The van der Waals surface area contributed by atoms with E-state index in [4.69, 9.17) is 9.57 Å². The van der Waals surface area contributed by atoms with Crippen molar-refractivity contribution < 1.29 is 27.2 Å². The molecule has 2 aromatic carbocycles. The van der Waals surface area contributed by atoms with Crippen LogP contribution in [0.4, 0.5) is 10.1 Å². The molecular formula is C21H22FN3O5S. The number of hydrogen-bond donors (Lipinski definition) is 1. The number of amides is 1. The highest BCUT2D eigenvalue weighted by molar-refractivity contribution is 7.89. The second kappa shape index (κ2) is 8.27. The fourth-order valence-electron chi connectivity index (χ4n) is 3.80. The third-order valence-corrected chi connectivity index (χ3v) is 7.29. The molecule has 0 aromatic heterocycles. The number of hydrogen-bond acceptors (Lipinski definition) is 6. The SMILES string of the molecule is COc1ccc(NC(=O)C2=NO[C@@]3(CCCN(S(=O)(=O)c4ccccc4F)C3)C2)cc1. The Morgan fingerprint density at radius 3 is 2.68 bits per heavy atom. The predicted molar refractivity (Wildman–Crippen MR) is 112 cm³/mol. The first kappa shape index (κ1) is 21.3. The number of halogens is 1.